The molecule has 4 nitrogen and oxygen atoms in total. The molecule has 2 atom stereocenters. The molecule has 0 spiro atoms. The summed E-state index contributed by atoms with van der Waals surface area (Å²) in [4.78, 5) is 6.64. The van der Waals surface area contributed by atoms with Crippen LogP contribution in [0.1, 0.15) is 24.1 Å². The first-order chi connectivity index (χ1) is 10.7. The highest BCUT2D eigenvalue weighted by atomic mass is 32.1. The van der Waals surface area contributed by atoms with E-state index in [0.29, 0.717) is 0 Å². The van der Waals surface area contributed by atoms with Crippen molar-refractivity contribution < 1.29 is 9.84 Å². The van der Waals surface area contributed by atoms with Crippen LogP contribution >= 0.6 is 11.3 Å². The summed E-state index contributed by atoms with van der Waals surface area (Å²) in [6.07, 6.45) is 2.75. The molecule has 0 aromatic carbocycles. The minimum Gasteiger partial charge on any atom is -0.486 e. The number of aryl methyl sites for hydroxylation is 1. The van der Waals surface area contributed by atoms with Crippen LogP contribution in [0.25, 0.3) is 0 Å². The van der Waals surface area contributed by atoms with Crippen molar-refractivity contribution in [2.45, 2.75) is 38.5 Å². The summed E-state index contributed by atoms with van der Waals surface area (Å²) in [7, 11) is 0. The van der Waals surface area contributed by atoms with Crippen LogP contribution in [-0.2, 0) is 6.54 Å². The molecule has 22 heavy (non-hydrogen) atoms. The second-order valence-corrected chi connectivity index (χ2v) is 6.58. The Morgan fingerprint density at radius 1 is 1.36 bits per heavy atom. The maximum Gasteiger partial charge on any atom is 0.141 e. The molecule has 1 fully saturated rings. The molecule has 3 heterocycles. The number of aliphatic hydroxyl groups is 1. The van der Waals surface area contributed by atoms with Gasteiger partial charge in [0, 0.05) is 25.8 Å². The Morgan fingerprint density at radius 3 is 3.00 bits per heavy atom. The van der Waals surface area contributed by atoms with Gasteiger partial charge in [-0.1, -0.05) is 0 Å². The monoisotopic (exact) mass is 318 g/mol. The number of aliphatic hydroxyl groups excluding tert-OH is 1. The van der Waals surface area contributed by atoms with Gasteiger partial charge in [-0.2, -0.15) is 11.3 Å². The van der Waals surface area contributed by atoms with Gasteiger partial charge in [-0.05, 0) is 54.3 Å². The van der Waals surface area contributed by atoms with E-state index in [4.69, 9.17) is 4.74 Å². The number of hydrogen-bond donors (Lipinski definition) is 1. The van der Waals surface area contributed by atoms with Gasteiger partial charge in [0.1, 0.15) is 11.9 Å². The molecule has 118 valence electrons. The molecule has 1 aliphatic rings. The average Bonchev–Trinajstić information content (AvgIpc) is 2.96. The fraction of sp³-hybridized carbons (Fsp3) is 0.471. The predicted molar refractivity (Wildman–Crippen MR) is 88.2 cm³/mol. The average molecular weight is 318 g/mol. The van der Waals surface area contributed by atoms with Crippen LogP contribution in [0.15, 0.2) is 35.2 Å². The lowest BCUT2D eigenvalue weighted by Gasteiger charge is -2.22. The van der Waals surface area contributed by atoms with Crippen molar-refractivity contribution in [1.82, 2.24) is 9.88 Å². The van der Waals surface area contributed by atoms with Crippen LogP contribution in [0.4, 0.5) is 0 Å². The Balaban J connectivity index is 1.61. The van der Waals surface area contributed by atoms with Crippen LogP contribution < -0.4 is 4.74 Å². The van der Waals surface area contributed by atoms with Crippen molar-refractivity contribution in [3.05, 3.63) is 46.4 Å². The van der Waals surface area contributed by atoms with Crippen LogP contribution in [0.5, 0.6) is 5.75 Å². The van der Waals surface area contributed by atoms with Gasteiger partial charge in [-0.25, -0.2) is 0 Å². The summed E-state index contributed by atoms with van der Waals surface area (Å²) >= 11 is 1.73. The first-order valence-electron chi connectivity index (χ1n) is 7.72. The van der Waals surface area contributed by atoms with Crippen molar-refractivity contribution in [1.29, 1.82) is 0 Å². The SMILES string of the molecule is Cc1ncccc1O[C@H]1CCN(Cc2ccsc2)CC[C@@H]1O. The summed E-state index contributed by atoms with van der Waals surface area (Å²) in [6, 6.07) is 5.95. The van der Waals surface area contributed by atoms with Gasteiger partial charge in [0.2, 0.25) is 0 Å². The summed E-state index contributed by atoms with van der Waals surface area (Å²) in [5, 5.41) is 14.7. The van der Waals surface area contributed by atoms with E-state index in [-0.39, 0.29) is 6.10 Å². The van der Waals surface area contributed by atoms with Gasteiger partial charge < -0.3 is 9.84 Å². The standard InChI is InChI=1S/C17H22N2O2S/c1-13-16(3-2-7-18-13)21-17-5-9-19(8-4-15(17)20)11-14-6-10-22-12-14/h2-3,6-7,10,12,15,17,20H,4-5,8-9,11H2,1H3/t15-,17-/m0/s1. The van der Waals surface area contributed by atoms with E-state index < -0.39 is 6.10 Å². The highest BCUT2D eigenvalue weighted by Gasteiger charge is 2.26. The van der Waals surface area contributed by atoms with Crippen molar-refractivity contribution in [3.63, 3.8) is 0 Å². The lowest BCUT2D eigenvalue weighted by molar-refractivity contribution is 0.0343. The molecule has 0 amide bonds. The maximum atomic E-state index is 10.4. The van der Waals surface area contributed by atoms with E-state index in [1.165, 1.54) is 5.56 Å². The van der Waals surface area contributed by atoms with E-state index >= 15 is 0 Å². The van der Waals surface area contributed by atoms with Crippen molar-refractivity contribution >= 4 is 11.3 Å². The molecule has 3 rings (SSSR count). The van der Waals surface area contributed by atoms with Crippen LogP contribution in [-0.4, -0.2) is 40.3 Å². The summed E-state index contributed by atoms with van der Waals surface area (Å²) in [5.41, 5.74) is 2.22. The van der Waals surface area contributed by atoms with E-state index in [2.05, 4.69) is 26.7 Å². The van der Waals surface area contributed by atoms with Gasteiger partial charge in [0.25, 0.3) is 0 Å². The highest BCUT2D eigenvalue weighted by Crippen LogP contribution is 2.22. The zero-order valence-corrected chi connectivity index (χ0v) is 13.6. The fourth-order valence-corrected chi connectivity index (χ4v) is 3.47. The third kappa shape index (κ3) is 3.85. The fourth-order valence-electron chi connectivity index (χ4n) is 2.81. The van der Waals surface area contributed by atoms with Gasteiger partial charge in [0.05, 0.1) is 11.8 Å². The Labute approximate surface area is 135 Å². The zero-order chi connectivity index (χ0) is 15.4. The highest BCUT2D eigenvalue weighted by molar-refractivity contribution is 7.07. The second-order valence-electron chi connectivity index (χ2n) is 5.80. The lowest BCUT2D eigenvalue weighted by Crippen LogP contribution is -2.31. The molecule has 2 aromatic rings. The first kappa shape index (κ1) is 15.5. The van der Waals surface area contributed by atoms with Crippen molar-refractivity contribution in [3.8, 4) is 5.75 Å². The van der Waals surface area contributed by atoms with E-state index in [0.717, 1.165) is 43.9 Å². The molecule has 1 N–H and O–H groups in total. The topological polar surface area (TPSA) is 45.6 Å². The van der Waals surface area contributed by atoms with Gasteiger partial charge in [0.15, 0.2) is 0 Å². The number of hydrogen-bond acceptors (Lipinski definition) is 5. The zero-order valence-electron chi connectivity index (χ0n) is 12.8. The predicted octanol–water partition coefficient (Wildman–Crippen LogP) is 2.86. The molecule has 2 aromatic heterocycles. The number of rotatable bonds is 4. The lowest BCUT2D eigenvalue weighted by atomic mass is 10.1. The van der Waals surface area contributed by atoms with Crippen LogP contribution in [0.2, 0.25) is 0 Å². The Morgan fingerprint density at radius 2 is 2.23 bits per heavy atom. The number of ether oxygens (including phenoxy) is 1. The van der Waals surface area contributed by atoms with Gasteiger partial charge in [-0.15, -0.1) is 0 Å². The van der Waals surface area contributed by atoms with E-state index in [1.54, 1.807) is 17.5 Å². The molecule has 0 unspecified atom stereocenters. The molecule has 5 heteroatoms. The Hall–Kier alpha value is -1.43. The summed E-state index contributed by atoms with van der Waals surface area (Å²) < 4.78 is 6.02. The van der Waals surface area contributed by atoms with Crippen LogP contribution in [0.3, 0.4) is 0 Å². The quantitative estimate of drug-likeness (QED) is 0.941. The third-order valence-electron chi connectivity index (χ3n) is 4.12. The first-order valence-corrected chi connectivity index (χ1v) is 8.66. The Bertz CT molecular complexity index is 588. The number of likely N-dealkylation sites (tertiary alicyclic amines) is 1. The normalized spacial score (nSPS) is 23.2. The van der Waals surface area contributed by atoms with Crippen molar-refractivity contribution in [2.75, 3.05) is 13.1 Å². The molecular weight excluding hydrogens is 296 g/mol. The second kappa shape index (κ2) is 7.22. The molecule has 0 bridgehead atoms. The number of aromatic nitrogens is 1. The maximum absolute atomic E-state index is 10.4. The Kier molecular flexibility index (Phi) is 5.08. The third-order valence-corrected chi connectivity index (χ3v) is 4.86. The van der Waals surface area contributed by atoms with Crippen molar-refractivity contribution in [2.24, 2.45) is 0 Å². The molecule has 1 saturated heterocycles. The van der Waals surface area contributed by atoms with Crippen LogP contribution in [0, 0.1) is 6.92 Å². The smallest absolute Gasteiger partial charge is 0.141 e. The molecular formula is C17H22N2O2S. The largest absolute Gasteiger partial charge is 0.486 e. The minimum absolute atomic E-state index is 0.157. The molecule has 1 aliphatic heterocycles. The minimum atomic E-state index is -0.424. The number of pyridine rings is 1. The number of thiophene rings is 1. The van der Waals surface area contributed by atoms with Gasteiger partial charge >= 0.3 is 0 Å². The summed E-state index contributed by atoms with van der Waals surface area (Å²) in [6.45, 7) is 4.73. The molecule has 0 saturated carbocycles. The number of nitrogens with zero attached hydrogens (tertiary/aromatic N) is 2. The van der Waals surface area contributed by atoms with E-state index in [1.807, 2.05) is 19.1 Å². The molecule has 0 aliphatic carbocycles. The summed E-state index contributed by atoms with van der Waals surface area (Å²) in [5.74, 6) is 0.776. The van der Waals surface area contributed by atoms with Gasteiger partial charge in [-0.3, -0.25) is 9.88 Å². The molecule has 0 radical (unpaired) electrons. The van der Waals surface area contributed by atoms with E-state index in [9.17, 15) is 5.11 Å².